The molecule has 0 bridgehead atoms. The first kappa shape index (κ1) is 15.3. The average Bonchev–Trinajstić information content (AvgIpc) is 2.41. The lowest BCUT2D eigenvalue weighted by Gasteiger charge is -2.41. The molecule has 0 spiro atoms. The maximum Gasteiger partial charge on any atom is 0.245 e. The van der Waals surface area contributed by atoms with E-state index in [0.717, 1.165) is 0 Å². The highest BCUT2D eigenvalue weighted by Crippen LogP contribution is 2.19. The van der Waals surface area contributed by atoms with Crippen LogP contribution in [0.25, 0.3) is 0 Å². The number of amides is 2. The number of ether oxygens (including phenoxy) is 1. The fraction of sp³-hybridized carbons (Fsp3) is 0.467. The molecule has 0 aliphatic carbocycles. The van der Waals surface area contributed by atoms with E-state index in [1.54, 1.807) is 30.9 Å². The maximum atomic E-state index is 13.0. The minimum atomic E-state index is -0.853. The summed E-state index contributed by atoms with van der Waals surface area (Å²) in [5.41, 5.74) is -0.853. The summed E-state index contributed by atoms with van der Waals surface area (Å²) in [6.45, 7) is 4.52. The summed E-state index contributed by atoms with van der Waals surface area (Å²) in [5, 5.41) is 2.74. The molecule has 0 radical (unpaired) electrons. The zero-order valence-corrected chi connectivity index (χ0v) is 12.2. The molecule has 2 amide bonds. The van der Waals surface area contributed by atoms with Crippen molar-refractivity contribution in [3.63, 3.8) is 0 Å². The lowest BCUT2D eigenvalue weighted by Crippen LogP contribution is -2.63. The van der Waals surface area contributed by atoms with Crippen LogP contribution in [0.3, 0.4) is 0 Å². The lowest BCUT2D eigenvalue weighted by atomic mass is 9.98. The average molecular weight is 294 g/mol. The van der Waals surface area contributed by atoms with Crippen LogP contribution in [-0.4, -0.2) is 41.9 Å². The molecule has 0 atom stereocenters. The van der Waals surface area contributed by atoms with E-state index in [1.165, 1.54) is 12.1 Å². The van der Waals surface area contributed by atoms with Crippen LogP contribution in [0.5, 0.6) is 5.75 Å². The maximum absolute atomic E-state index is 13.0. The van der Waals surface area contributed by atoms with Crippen molar-refractivity contribution in [2.75, 3.05) is 19.7 Å². The Morgan fingerprint density at radius 2 is 2.24 bits per heavy atom. The molecule has 0 aromatic heterocycles. The third kappa shape index (κ3) is 3.51. The Hall–Kier alpha value is -2.11. The molecule has 1 aromatic carbocycles. The number of carbonyl (C=O) groups excluding carboxylic acids is 2. The fourth-order valence-corrected chi connectivity index (χ4v) is 2.28. The topological polar surface area (TPSA) is 58.6 Å². The molecule has 0 saturated carbocycles. The molecular formula is C15H19FN2O3. The van der Waals surface area contributed by atoms with Gasteiger partial charge < -0.3 is 15.0 Å². The predicted octanol–water partition coefficient (Wildman–Crippen LogP) is 1.33. The standard InChI is InChI=1S/C15H19FN2O3/c1-15(2)14(20)17-7-8-18(15)13(19)6-9-21-12-5-3-4-11(16)10-12/h3-5,10H,6-9H2,1-2H3,(H,17,20). The fourth-order valence-electron chi connectivity index (χ4n) is 2.28. The molecular weight excluding hydrogens is 275 g/mol. The highest BCUT2D eigenvalue weighted by molar-refractivity contribution is 5.91. The minimum Gasteiger partial charge on any atom is -0.493 e. The molecule has 1 N–H and O–H groups in total. The van der Waals surface area contributed by atoms with Gasteiger partial charge in [-0.05, 0) is 26.0 Å². The van der Waals surface area contributed by atoms with Gasteiger partial charge in [0.05, 0.1) is 13.0 Å². The van der Waals surface area contributed by atoms with E-state index in [-0.39, 0.29) is 30.7 Å². The number of benzene rings is 1. The Labute approximate surface area is 123 Å². The van der Waals surface area contributed by atoms with Crippen molar-refractivity contribution in [3.05, 3.63) is 30.1 Å². The smallest absolute Gasteiger partial charge is 0.245 e. The van der Waals surface area contributed by atoms with Crippen LogP contribution < -0.4 is 10.1 Å². The van der Waals surface area contributed by atoms with Crippen molar-refractivity contribution < 1.29 is 18.7 Å². The first-order valence-corrected chi connectivity index (χ1v) is 6.88. The first-order chi connectivity index (χ1) is 9.91. The van der Waals surface area contributed by atoms with Gasteiger partial charge in [0.1, 0.15) is 17.1 Å². The Bertz CT molecular complexity index is 545. The third-order valence-corrected chi connectivity index (χ3v) is 3.53. The van der Waals surface area contributed by atoms with Crippen molar-refractivity contribution in [1.29, 1.82) is 0 Å². The van der Waals surface area contributed by atoms with Crippen LogP contribution in [0.2, 0.25) is 0 Å². The van der Waals surface area contributed by atoms with Crippen LogP contribution in [0, 0.1) is 5.82 Å². The van der Waals surface area contributed by atoms with Crippen molar-refractivity contribution >= 4 is 11.8 Å². The van der Waals surface area contributed by atoms with E-state index in [9.17, 15) is 14.0 Å². The third-order valence-electron chi connectivity index (χ3n) is 3.53. The van der Waals surface area contributed by atoms with E-state index in [4.69, 9.17) is 4.74 Å². The molecule has 114 valence electrons. The molecule has 6 heteroatoms. The zero-order valence-electron chi connectivity index (χ0n) is 12.2. The lowest BCUT2D eigenvalue weighted by molar-refractivity contribution is -0.149. The van der Waals surface area contributed by atoms with E-state index in [2.05, 4.69) is 5.32 Å². The van der Waals surface area contributed by atoms with E-state index >= 15 is 0 Å². The van der Waals surface area contributed by atoms with Crippen LogP contribution in [0.4, 0.5) is 4.39 Å². The molecule has 1 fully saturated rings. The van der Waals surface area contributed by atoms with Gasteiger partial charge in [-0.2, -0.15) is 0 Å². The summed E-state index contributed by atoms with van der Waals surface area (Å²) >= 11 is 0. The van der Waals surface area contributed by atoms with Crippen molar-refractivity contribution in [2.45, 2.75) is 25.8 Å². The highest BCUT2D eigenvalue weighted by atomic mass is 19.1. The monoisotopic (exact) mass is 294 g/mol. The summed E-state index contributed by atoms with van der Waals surface area (Å²) in [5.74, 6) is -0.300. The van der Waals surface area contributed by atoms with Gasteiger partial charge in [0.2, 0.25) is 11.8 Å². The normalized spacial score (nSPS) is 17.3. The molecule has 0 unspecified atom stereocenters. The summed E-state index contributed by atoms with van der Waals surface area (Å²) in [6.07, 6.45) is 0.146. The highest BCUT2D eigenvalue weighted by Gasteiger charge is 2.39. The Kier molecular flexibility index (Phi) is 4.45. The van der Waals surface area contributed by atoms with Crippen molar-refractivity contribution in [2.24, 2.45) is 0 Å². The quantitative estimate of drug-likeness (QED) is 0.911. The van der Waals surface area contributed by atoms with E-state index in [0.29, 0.717) is 18.8 Å². The molecule has 1 aliphatic rings. The number of nitrogens with one attached hydrogen (secondary N) is 1. The van der Waals surface area contributed by atoms with Gasteiger partial charge >= 0.3 is 0 Å². The van der Waals surface area contributed by atoms with Gasteiger partial charge in [0.25, 0.3) is 0 Å². The van der Waals surface area contributed by atoms with Gasteiger partial charge in [-0.25, -0.2) is 4.39 Å². The number of piperazine rings is 1. The number of halogens is 1. The van der Waals surface area contributed by atoms with Gasteiger partial charge in [-0.15, -0.1) is 0 Å². The minimum absolute atomic E-state index is 0.146. The zero-order chi connectivity index (χ0) is 15.5. The SMILES string of the molecule is CC1(C)C(=O)NCCN1C(=O)CCOc1cccc(F)c1. The van der Waals surface area contributed by atoms with Gasteiger partial charge in [0.15, 0.2) is 0 Å². The number of nitrogens with zero attached hydrogens (tertiary/aromatic N) is 1. The van der Waals surface area contributed by atoms with Gasteiger partial charge in [-0.1, -0.05) is 6.07 Å². The number of rotatable bonds is 4. The Morgan fingerprint density at radius 1 is 1.48 bits per heavy atom. The predicted molar refractivity (Wildman–Crippen MR) is 75.3 cm³/mol. The molecule has 5 nitrogen and oxygen atoms in total. The van der Waals surface area contributed by atoms with Crippen LogP contribution in [-0.2, 0) is 9.59 Å². The molecule has 1 aliphatic heterocycles. The first-order valence-electron chi connectivity index (χ1n) is 6.88. The molecule has 1 saturated heterocycles. The van der Waals surface area contributed by atoms with Crippen LogP contribution in [0.1, 0.15) is 20.3 Å². The second-order valence-corrected chi connectivity index (χ2v) is 5.42. The molecule has 21 heavy (non-hydrogen) atoms. The van der Waals surface area contributed by atoms with Gasteiger partial charge in [-0.3, -0.25) is 9.59 Å². The summed E-state index contributed by atoms with van der Waals surface area (Å²) in [4.78, 5) is 25.6. The summed E-state index contributed by atoms with van der Waals surface area (Å²) in [6, 6.07) is 5.77. The van der Waals surface area contributed by atoms with Gasteiger partial charge in [0, 0.05) is 19.2 Å². The van der Waals surface area contributed by atoms with E-state index < -0.39 is 5.54 Å². The summed E-state index contributed by atoms with van der Waals surface area (Å²) < 4.78 is 18.3. The van der Waals surface area contributed by atoms with Crippen LogP contribution >= 0.6 is 0 Å². The molecule has 1 heterocycles. The van der Waals surface area contributed by atoms with Crippen LogP contribution in [0.15, 0.2) is 24.3 Å². The number of hydrogen-bond donors (Lipinski definition) is 1. The number of hydrogen-bond acceptors (Lipinski definition) is 3. The number of carbonyl (C=O) groups is 2. The van der Waals surface area contributed by atoms with Crippen molar-refractivity contribution in [1.82, 2.24) is 10.2 Å². The van der Waals surface area contributed by atoms with E-state index in [1.807, 2.05) is 0 Å². The largest absolute Gasteiger partial charge is 0.493 e. The second kappa shape index (κ2) is 6.11. The van der Waals surface area contributed by atoms with Crippen molar-refractivity contribution in [3.8, 4) is 5.75 Å². The Balaban J connectivity index is 1.88. The second-order valence-electron chi connectivity index (χ2n) is 5.42. The summed E-state index contributed by atoms with van der Waals surface area (Å²) in [7, 11) is 0. The molecule has 2 rings (SSSR count). The Morgan fingerprint density at radius 3 is 2.95 bits per heavy atom. The molecule has 1 aromatic rings.